The van der Waals surface area contributed by atoms with E-state index in [1.54, 1.807) is 13.8 Å². The summed E-state index contributed by atoms with van der Waals surface area (Å²) in [4.78, 5) is 24.7. The number of carbonyl (C=O) groups excluding carboxylic acids is 2. The molecular formula is C17H26ClNO4. The van der Waals surface area contributed by atoms with Crippen LogP contribution in [0.25, 0.3) is 0 Å². The molecule has 0 saturated carbocycles. The number of rotatable bonds is 9. The minimum absolute atomic E-state index is 0. The third kappa shape index (κ3) is 5.84. The molecule has 0 heterocycles. The number of benzene rings is 1. The van der Waals surface area contributed by atoms with Crippen molar-refractivity contribution in [2.24, 2.45) is 11.1 Å². The van der Waals surface area contributed by atoms with Gasteiger partial charge in [-0.3, -0.25) is 9.59 Å². The zero-order valence-corrected chi connectivity index (χ0v) is 14.6. The van der Waals surface area contributed by atoms with Gasteiger partial charge in [-0.2, -0.15) is 0 Å². The normalized spacial score (nSPS) is 10.6. The lowest BCUT2D eigenvalue weighted by molar-refractivity contribution is -0.174. The second kappa shape index (κ2) is 11.0. The van der Waals surface area contributed by atoms with Crippen molar-refractivity contribution >= 4 is 24.3 Å². The van der Waals surface area contributed by atoms with Crippen LogP contribution in [0.1, 0.15) is 38.7 Å². The summed E-state index contributed by atoms with van der Waals surface area (Å²) >= 11 is 0. The molecule has 0 aliphatic heterocycles. The van der Waals surface area contributed by atoms with Crippen LogP contribution in [-0.4, -0.2) is 25.1 Å². The molecule has 1 aromatic rings. The Bertz CT molecular complexity index is 475. The molecule has 23 heavy (non-hydrogen) atoms. The van der Waals surface area contributed by atoms with Gasteiger partial charge in [0.05, 0.1) is 6.61 Å². The minimum atomic E-state index is -1.23. The highest BCUT2D eigenvalue weighted by Crippen LogP contribution is 2.30. The van der Waals surface area contributed by atoms with Crippen LogP contribution in [0.4, 0.5) is 0 Å². The van der Waals surface area contributed by atoms with E-state index in [9.17, 15) is 9.59 Å². The van der Waals surface area contributed by atoms with Crippen molar-refractivity contribution < 1.29 is 19.1 Å². The Morgan fingerprint density at radius 2 is 1.61 bits per heavy atom. The Balaban J connectivity index is 0.00000484. The van der Waals surface area contributed by atoms with Crippen molar-refractivity contribution in [1.82, 2.24) is 0 Å². The molecule has 0 aliphatic carbocycles. The van der Waals surface area contributed by atoms with E-state index >= 15 is 0 Å². The number of hydrogen-bond donors (Lipinski definition) is 1. The summed E-state index contributed by atoms with van der Waals surface area (Å²) in [5.41, 5.74) is 5.03. The predicted molar refractivity (Wildman–Crippen MR) is 91.1 cm³/mol. The fourth-order valence-electron chi connectivity index (χ4n) is 2.16. The SMILES string of the molecule is CCC(CC)(C(=O)OCCCN)C(=O)OCc1ccccc1.Cl. The monoisotopic (exact) mass is 343 g/mol. The molecule has 0 aliphatic rings. The smallest absolute Gasteiger partial charge is 0.323 e. The van der Waals surface area contributed by atoms with E-state index in [0.717, 1.165) is 5.56 Å². The van der Waals surface area contributed by atoms with Gasteiger partial charge in [0.25, 0.3) is 0 Å². The number of nitrogens with two attached hydrogens (primary N) is 1. The van der Waals surface area contributed by atoms with Gasteiger partial charge in [-0.05, 0) is 31.4 Å². The predicted octanol–water partition coefficient (Wildman–Crippen LogP) is 2.85. The molecule has 0 aromatic heterocycles. The third-order valence-electron chi connectivity index (χ3n) is 3.78. The van der Waals surface area contributed by atoms with Gasteiger partial charge in [0.2, 0.25) is 0 Å². The highest BCUT2D eigenvalue weighted by Gasteiger charge is 2.45. The molecular weight excluding hydrogens is 318 g/mol. The summed E-state index contributed by atoms with van der Waals surface area (Å²) in [6.45, 7) is 4.40. The average molecular weight is 344 g/mol. The van der Waals surface area contributed by atoms with E-state index < -0.39 is 17.4 Å². The van der Waals surface area contributed by atoms with Crippen LogP contribution in [0, 0.1) is 5.41 Å². The van der Waals surface area contributed by atoms with Gasteiger partial charge >= 0.3 is 11.9 Å². The van der Waals surface area contributed by atoms with E-state index in [0.29, 0.717) is 25.8 Å². The maximum absolute atomic E-state index is 12.4. The Morgan fingerprint density at radius 3 is 2.13 bits per heavy atom. The first-order valence-electron chi connectivity index (χ1n) is 7.69. The molecule has 130 valence electrons. The zero-order valence-electron chi connectivity index (χ0n) is 13.7. The van der Waals surface area contributed by atoms with Crippen molar-refractivity contribution in [3.05, 3.63) is 35.9 Å². The number of halogens is 1. The molecule has 0 bridgehead atoms. The van der Waals surface area contributed by atoms with Crippen molar-refractivity contribution in [1.29, 1.82) is 0 Å². The Kier molecular flexibility index (Phi) is 10.3. The first-order chi connectivity index (χ1) is 10.6. The molecule has 5 nitrogen and oxygen atoms in total. The average Bonchev–Trinajstić information content (AvgIpc) is 2.56. The first-order valence-corrected chi connectivity index (χ1v) is 7.69. The molecule has 6 heteroatoms. The summed E-state index contributed by atoms with van der Waals surface area (Å²) < 4.78 is 10.5. The van der Waals surface area contributed by atoms with Crippen molar-refractivity contribution in [3.63, 3.8) is 0 Å². The van der Waals surface area contributed by atoms with Gasteiger partial charge in [-0.1, -0.05) is 44.2 Å². The zero-order chi connectivity index (χ0) is 16.4. The standard InChI is InChI=1S/C17H25NO4.ClH/c1-3-17(4-2,15(19)21-12-8-11-18)16(20)22-13-14-9-6-5-7-10-14;/h5-7,9-10H,3-4,8,11-13,18H2,1-2H3;1H. The van der Waals surface area contributed by atoms with Gasteiger partial charge in [0.15, 0.2) is 5.41 Å². The number of carbonyl (C=O) groups is 2. The number of ether oxygens (including phenoxy) is 2. The van der Waals surface area contributed by atoms with E-state index in [1.807, 2.05) is 30.3 Å². The van der Waals surface area contributed by atoms with Crippen LogP contribution in [0.3, 0.4) is 0 Å². The van der Waals surface area contributed by atoms with Crippen LogP contribution < -0.4 is 5.73 Å². The summed E-state index contributed by atoms with van der Waals surface area (Å²) in [7, 11) is 0. The maximum Gasteiger partial charge on any atom is 0.323 e. The molecule has 1 rings (SSSR count). The fraction of sp³-hybridized carbons (Fsp3) is 0.529. The Labute approximate surface area is 143 Å². The topological polar surface area (TPSA) is 78.6 Å². The van der Waals surface area contributed by atoms with Gasteiger partial charge in [0.1, 0.15) is 6.61 Å². The lowest BCUT2D eigenvalue weighted by atomic mass is 9.82. The molecule has 0 unspecified atom stereocenters. The van der Waals surface area contributed by atoms with Crippen LogP contribution in [0.2, 0.25) is 0 Å². The van der Waals surface area contributed by atoms with E-state index in [-0.39, 0.29) is 25.6 Å². The minimum Gasteiger partial charge on any atom is -0.465 e. The molecule has 0 amide bonds. The van der Waals surface area contributed by atoms with Crippen molar-refractivity contribution in [2.75, 3.05) is 13.2 Å². The second-order valence-electron chi connectivity index (χ2n) is 5.13. The highest BCUT2D eigenvalue weighted by molar-refractivity contribution is 5.99. The number of hydrogen-bond acceptors (Lipinski definition) is 5. The van der Waals surface area contributed by atoms with Gasteiger partial charge < -0.3 is 15.2 Å². The lowest BCUT2D eigenvalue weighted by Gasteiger charge is -2.26. The van der Waals surface area contributed by atoms with Gasteiger partial charge in [-0.15, -0.1) is 12.4 Å². The maximum atomic E-state index is 12.4. The Hall–Kier alpha value is -1.59. The van der Waals surface area contributed by atoms with E-state index in [4.69, 9.17) is 15.2 Å². The molecule has 0 atom stereocenters. The van der Waals surface area contributed by atoms with Crippen LogP contribution in [0.5, 0.6) is 0 Å². The molecule has 2 N–H and O–H groups in total. The van der Waals surface area contributed by atoms with Crippen molar-refractivity contribution in [3.8, 4) is 0 Å². The quantitative estimate of drug-likeness (QED) is 0.423. The summed E-state index contributed by atoms with van der Waals surface area (Å²) in [6.07, 6.45) is 1.27. The second-order valence-corrected chi connectivity index (χ2v) is 5.13. The first kappa shape index (κ1) is 21.4. The fourth-order valence-corrected chi connectivity index (χ4v) is 2.16. The van der Waals surface area contributed by atoms with Crippen molar-refractivity contribution in [2.45, 2.75) is 39.7 Å². The summed E-state index contributed by atoms with van der Waals surface area (Å²) in [5, 5.41) is 0. The lowest BCUT2D eigenvalue weighted by Crippen LogP contribution is -2.41. The molecule has 0 radical (unpaired) electrons. The molecule has 0 fully saturated rings. The van der Waals surface area contributed by atoms with Crippen LogP contribution >= 0.6 is 12.4 Å². The molecule has 1 aromatic carbocycles. The van der Waals surface area contributed by atoms with Gasteiger partial charge in [-0.25, -0.2) is 0 Å². The highest BCUT2D eigenvalue weighted by atomic mass is 35.5. The van der Waals surface area contributed by atoms with E-state index in [2.05, 4.69) is 0 Å². The molecule has 0 saturated heterocycles. The largest absolute Gasteiger partial charge is 0.465 e. The molecule has 0 spiro atoms. The summed E-state index contributed by atoms with van der Waals surface area (Å²) in [6, 6.07) is 9.37. The van der Waals surface area contributed by atoms with Crippen LogP contribution in [0.15, 0.2) is 30.3 Å². The number of esters is 2. The third-order valence-corrected chi connectivity index (χ3v) is 3.78. The van der Waals surface area contributed by atoms with E-state index in [1.165, 1.54) is 0 Å². The Morgan fingerprint density at radius 1 is 1.04 bits per heavy atom. The van der Waals surface area contributed by atoms with Crippen LogP contribution in [-0.2, 0) is 25.7 Å². The summed E-state index contributed by atoms with van der Waals surface area (Å²) in [5.74, 6) is -1.05. The van der Waals surface area contributed by atoms with Gasteiger partial charge in [0, 0.05) is 0 Å².